The molecule has 1 heterocycles. The Kier molecular flexibility index (Phi) is 5.14. The van der Waals surface area contributed by atoms with Crippen LogP contribution in [0.2, 0.25) is 0 Å². The Morgan fingerprint density at radius 2 is 1.95 bits per heavy atom. The highest BCUT2D eigenvalue weighted by atomic mass is 16.4. The van der Waals surface area contributed by atoms with Crippen molar-refractivity contribution in [3.63, 3.8) is 0 Å². The molecule has 0 aromatic rings. The number of piperidine rings is 1. The van der Waals surface area contributed by atoms with E-state index < -0.39 is 30.0 Å². The Hall–Kier alpha value is -1.79. The Morgan fingerprint density at radius 1 is 1.32 bits per heavy atom. The van der Waals surface area contributed by atoms with Gasteiger partial charge in [0.1, 0.15) is 12.1 Å². The third-order valence-electron chi connectivity index (χ3n) is 3.30. The second-order valence-electron chi connectivity index (χ2n) is 5.12. The minimum Gasteiger partial charge on any atom is -0.480 e. The summed E-state index contributed by atoms with van der Waals surface area (Å²) in [4.78, 5) is 35.7. The van der Waals surface area contributed by atoms with Gasteiger partial charge in [-0.3, -0.25) is 4.79 Å². The fraction of sp³-hybridized carbons (Fsp3) is 0.750. The topological polar surface area (TPSA) is 113 Å². The third kappa shape index (κ3) is 3.84. The van der Waals surface area contributed by atoms with Crippen molar-refractivity contribution >= 4 is 17.9 Å². The van der Waals surface area contributed by atoms with Crippen molar-refractivity contribution in [3.05, 3.63) is 0 Å². The van der Waals surface area contributed by atoms with Crippen LogP contribution in [0.5, 0.6) is 0 Å². The number of carbonyl (C=O) groups excluding carboxylic acids is 2. The number of carbonyl (C=O) groups is 3. The molecule has 2 unspecified atom stereocenters. The van der Waals surface area contributed by atoms with Gasteiger partial charge in [-0.1, -0.05) is 13.8 Å². The molecule has 7 nitrogen and oxygen atoms in total. The number of hydrogen-bond donors (Lipinski definition) is 3. The molecule has 0 radical (unpaired) electrons. The van der Waals surface area contributed by atoms with Crippen molar-refractivity contribution in [1.29, 1.82) is 0 Å². The third-order valence-corrected chi connectivity index (χ3v) is 3.30. The number of amides is 3. The standard InChI is InChI=1S/C12H21N3O4/c1-7(2)9(10(13)16)14-12(19)15-6-4-3-5-8(15)11(17)18/h7-9H,3-6H2,1-2H3,(H2,13,16)(H,14,19)(H,17,18). The molecule has 7 heteroatoms. The quantitative estimate of drug-likeness (QED) is 0.675. The van der Waals surface area contributed by atoms with Crippen LogP contribution in [0.3, 0.4) is 0 Å². The zero-order valence-electron chi connectivity index (χ0n) is 11.3. The van der Waals surface area contributed by atoms with Gasteiger partial charge in [0, 0.05) is 6.54 Å². The number of aliphatic carboxylic acids is 1. The van der Waals surface area contributed by atoms with Gasteiger partial charge in [-0.15, -0.1) is 0 Å². The molecular formula is C12H21N3O4. The van der Waals surface area contributed by atoms with Gasteiger partial charge in [0.15, 0.2) is 0 Å². The summed E-state index contributed by atoms with van der Waals surface area (Å²) >= 11 is 0. The van der Waals surface area contributed by atoms with Crippen LogP contribution in [0.4, 0.5) is 4.79 Å². The average Bonchev–Trinajstić information content (AvgIpc) is 2.34. The number of likely N-dealkylation sites (tertiary alicyclic amines) is 1. The zero-order valence-corrected chi connectivity index (χ0v) is 11.3. The van der Waals surface area contributed by atoms with Gasteiger partial charge >= 0.3 is 12.0 Å². The molecule has 0 aromatic carbocycles. The van der Waals surface area contributed by atoms with E-state index in [-0.39, 0.29) is 5.92 Å². The number of nitrogens with one attached hydrogen (secondary N) is 1. The van der Waals surface area contributed by atoms with E-state index >= 15 is 0 Å². The predicted octanol–water partition coefficient (Wildman–Crippen LogP) is 0.145. The predicted molar refractivity (Wildman–Crippen MR) is 68.3 cm³/mol. The first-order valence-electron chi connectivity index (χ1n) is 6.43. The molecule has 0 bridgehead atoms. The Labute approximate surface area is 112 Å². The molecule has 1 aliphatic rings. The van der Waals surface area contributed by atoms with Gasteiger partial charge in [0.2, 0.25) is 5.91 Å². The largest absolute Gasteiger partial charge is 0.480 e. The zero-order chi connectivity index (χ0) is 14.6. The maximum Gasteiger partial charge on any atom is 0.326 e. The molecule has 0 saturated carbocycles. The highest BCUT2D eigenvalue weighted by molar-refractivity contribution is 5.88. The highest BCUT2D eigenvalue weighted by Crippen LogP contribution is 2.17. The Balaban J connectivity index is 2.74. The molecule has 1 rings (SSSR count). The van der Waals surface area contributed by atoms with Crippen LogP contribution in [0.15, 0.2) is 0 Å². The summed E-state index contributed by atoms with van der Waals surface area (Å²) in [5, 5.41) is 11.6. The van der Waals surface area contributed by atoms with Crippen molar-refractivity contribution in [1.82, 2.24) is 10.2 Å². The monoisotopic (exact) mass is 271 g/mol. The van der Waals surface area contributed by atoms with Crippen LogP contribution in [-0.2, 0) is 9.59 Å². The van der Waals surface area contributed by atoms with E-state index in [1.165, 1.54) is 4.90 Å². The summed E-state index contributed by atoms with van der Waals surface area (Å²) in [6.45, 7) is 3.91. The van der Waals surface area contributed by atoms with Crippen molar-refractivity contribution in [2.45, 2.75) is 45.2 Å². The highest BCUT2D eigenvalue weighted by Gasteiger charge is 2.33. The second-order valence-corrected chi connectivity index (χ2v) is 5.12. The van der Waals surface area contributed by atoms with Crippen LogP contribution in [0.1, 0.15) is 33.1 Å². The first-order chi connectivity index (χ1) is 8.84. The van der Waals surface area contributed by atoms with Gasteiger partial charge < -0.3 is 21.1 Å². The van der Waals surface area contributed by atoms with E-state index in [0.29, 0.717) is 13.0 Å². The number of nitrogens with two attached hydrogens (primary N) is 1. The van der Waals surface area contributed by atoms with Crippen LogP contribution >= 0.6 is 0 Å². The van der Waals surface area contributed by atoms with E-state index in [9.17, 15) is 14.4 Å². The van der Waals surface area contributed by atoms with Crippen LogP contribution in [0, 0.1) is 5.92 Å². The van der Waals surface area contributed by atoms with Crippen molar-refractivity contribution in [2.75, 3.05) is 6.54 Å². The van der Waals surface area contributed by atoms with E-state index in [4.69, 9.17) is 10.8 Å². The molecule has 4 N–H and O–H groups in total. The maximum atomic E-state index is 12.1. The van der Waals surface area contributed by atoms with Gasteiger partial charge in [-0.05, 0) is 25.2 Å². The van der Waals surface area contributed by atoms with Gasteiger partial charge in [0.05, 0.1) is 0 Å². The maximum absolute atomic E-state index is 12.1. The summed E-state index contributed by atoms with van der Waals surface area (Å²) in [5.41, 5.74) is 5.22. The smallest absolute Gasteiger partial charge is 0.326 e. The number of carboxylic acid groups (broad SMARTS) is 1. The summed E-state index contributed by atoms with van der Waals surface area (Å²) in [7, 11) is 0. The fourth-order valence-corrected chi connectivity index (χ4v) is 2.21. The van der Waals surface area contributed by atoms with Crippen molar-refractivity contribution in [2.24, 2.45) is 11.7 Å². The molecule has 1 fully saturated rings. The second kappa shape index (κ2) is 6.40. The first-order valence-corrected chi connectivity index (χ1v) is 6.43. The molecule has 2 atom stereocenters. The van der Waals surface area contributed by atoms with Crippen LogP contribution in [0.25, 0.3) is 0 Å². The number of urea groups is 1. The van der Waals surface area contributed by atoms with E-state index in [2.05, 4.69) is 5.32 Å². The Morgan fingerprint density at radius 3 is 2.42 bits per heavy atom. The summed E-state index contributed by atoms with van der Waals surface area (Å²) < 4.78 is 0. The molecule has 1 aliphatic heterocycles. The SMILES string of the molecule is CC(C)C(NC(=O)N1CCCCC1C(=O)O)C(N)=O. The van der Waals surface area contributed by atoms with Crippen LogP contribution in [-0.4, -0.2) is 46.5 Å². The van der Waals surface area contributed by atoms with E-state index in [1.807, 2.05) is 0 Å². The lowest BCUT2D eigenvalue weighted by Crippen LogP contribution is -2.57. The minimum atomic E-state index is -1.02. The summed E-state index contributed by atoms with van der Waals surface area (Å²) in [5.74, 6) is -1.78. The fourth-order valence-electron chi connectivity index (χ4n) is 2.21. The van der Waals surface area contributed by atoms with Gasteiger partial charge in [-0.2, -0.15) is 0 Å². The minimum absolute atomic E-state index is 0.144. The number of primary amides is 1. The van der Waals surface area contributed by atoms with Gasteiger partial charge in [-0.25, -0.2) is 9.59 Å². The van der Waals surface area contributed by atoms with Crippen molar-refractivity contribution < 1.29 is 19.5 Å². The number of nitrogens with zero attached hydrogens (tertiary/aromatic N) is 1. The molecule has 19 heavy (non-hydrogen) atoms. The molecule has 3 amide bonds. The average molecular weight is 271 g/mol. The van der Waals surface area contributed by atoms with Crippen molar-refractivity contribution in [3.8, 4) is 0 Å². The number of carboxylic acids is 1. The Bertz CT molecular complexity index is 370. The molecule has 108 valence electrons. The van der Waals surface area contributed by atoms with E-state index in [0.717, 1.165) is 12.8 Å². The van der Waals surface area contributed by atoms with Gasteiger partial charge in [0.25, 0.3) is 0 Å². The van der Waals surface area contributed by atoms with E-state index in [1.54, 1.807) is 13.8 Å². The normalized spacial score (nSPS) is 21.0. The number of hydrogen-bond acceptors (Lipinski definition) is 3. The molecule has 1 saturated heterocycles. The lowest BCUT2D eigenvalue weighted by atomic mass is 10.0. The lowest BCUT2D eigenvalue weighted by Gasteiger charge is -2.34. The number of rotatable bonds is 4. The molecule has 0 aliphatic carbocycles. The first kappa shape index (κ1) is 15.3. The summed E-state index contributed by atoms with van der Waals surface area (Å²) in [6, 6.07) is -2.15. The molecular weight excluding hydrogens is 250 g/mol. The lowest BCUT2D eigenvalue weighted by molar-refractivity contribution is -0.143. The summed E-state index contributed by atoms with van der Waals surface area (Å²) in [6.07, 6.45) is 1.98. The van der Waals surface area contributed by atoms with Crippen LogP contribution < -0.4 is 11.1 Å². The molecule has 0 spiro atoms. The molecule has 0 aromatic heterocycles.